The van der Waals surface area contributed by atoms with E-state index in [-0.39, 0.29) is 12.1 Å². The molecule has 1 fully saturated rings. The number of hydrogen-bond donors (Lipinski definition) is 1. The Hall–Kier alpha value is -2.30. The van der Waals surface area contributed by atoms with Gasteiger partial charge >= 0.3 is 6.03 Å². The van der Waals surface area contributed by atoms with Crippen LogP contribution in [0, 0.1) is 20.8 Å². The maximum atomic E-state index is 12.8. The van der Waals surface area contributed by atoms with Crippen molar-refractivity contribution in [3.05, 3.63) is 46.3 Å². The number of aryl methyl sites for hydroxylation is 4. The third-order valence-corrected chi connectivity index (χ3v) is 4.91. The Balaban J connectivity index is 1.81. The largest absolute Gasteiger partial charge is 0.361 e. The number of aromatic nitrogens is 1. The molecule has 2 amide bonds. The molecular weight excluding hydrogens is 302 g/mol. The highest BCUT2D eigenvalue weighted by molar-refractivity contribution is 5.90. The summed E-state index contributed by atoms with van der Waals surface area (Å²) in [5.41, 5.74) is 5.22. The Morgan fingerprint density at radius 3 is 2.83 bits per heavy atom. The van der Waals surface area contributed by atoms with Gasteiger partial charge in [-0.15, -0.1) is 0 Å². The minimum Gasteiger partial charge on any atom is -0.361 e. The topological polar surface area (TPSA) is 58.4 Å². The van der Waals surface area contributed by atoms with Gasteiger partial charge in [-0.2, -0.15) is 0 Å². The summed E-state index contributed by atoms with van der Waals surface area (Å²) >= 11 is 0. The van der Waals surface area contributed by atoms with Crippen molar-refractivity contribution in [2.24, 2.45) is 0 Å². The highest BCUT2D eigenvalue weighted by Gasteiger charge is 2.34. The number of rotatable bonds is 3. The summed E-state index contributed by atoms with van der Waals surface area (Å²) in [4.78, 5) is 14.7. The van der Waals surface area contributed by atoms with Gasteiger partial charge in [0.15, 0.2) is 0 Å². The first-order valence-electron chi connectivity index (χ1n) is 8.61. The van der Waals surface area contributed by atoms with Gasteiger partial charge in [-0.1, -0.05) is 18.1 Å². The summed E-state index contributed by atoms with van der Waals surface area (Å²) in [5.74, 6) is 0.892. The van der Waals surface area contributed by atoms with Gasteiger partial charge in [0.1, 0.15) is 5.76 Å². The zero-order valence-electron chi connectivity index (χ0n) is 14.8. The van der Waals surface area contributed by atoms with E-state index in [0.717, 1.165) is 48.5 Å². The van der Waals surface area contributed by atoms with Crippen LogP contribution in [0.3, 0.4) is 0 Å². The molecule has 0 unspecified atom stereocenters. The molecule has 1 aromatic carbocycles. The van der Waals surface area contributed by atoms with E-state index in [1.807, 2.05) is 30.0 Å². The second-order valence-corrected chi connectivity index (χ2v) is 6.54. The normalized spacial score (nSPS) is 17.3. The molecule has 128 valence electrons. The third kappa shape index (κ3) is 3.03. The van der Waals surface area contributed by atoms with E-state index in [0.29, 0.717) is 0 Å². The van der Waals surface area contributed by atoms with E-state index < -0.39 is 0 Å². The van der Waals surface area contributed by atoms with E-state index in [4.69, 9.17) is 4.52 Å². The van der Waals surface area contributed by atoms with Crippen LogP contribution in [0.1, 0.15) is 54.0 Å². The van der Waals surface area contributed by atoms with E-state index in [2.05, 4.69) is 31.2 Å². The Labute approximate surface area is 143 Å². The number of carbonyl (C=O) groups is 1. The molecule has 1 saturated heterocycles. The monoisotopic (exact) mass is 327 g/mol. The lowest BCUT2D eigenvalue weighted by molar-refractivity contribution is 0.206. The summed E-state index contributed by atoms with van der Waals surface area (Å²) in [7, 11) is 0. The van der Waals surface area contributed by atoms with Gasteiger partial charge in [0.25, 0.3) is 0 Å². The number of amides is 2. The van der Waals surface area contributed by atoms with Crippen molar-refractivity contribution in [1.29, 1.82) is 0 Å². The average Bonchev–Trinajstić information content (AvgIpc) is 3.16. The van der Waals surface area contributed by atoms with Crippen LogP contribution in [0.5, 0.6) is 0 Å². The summed E-state index contributed by atoms with van der Waals surface area (Å²) < 4.78 is 5.42. The molecule has 24 heavy (non-hydrogen) atoms. The average molecular weight is 327 g/mol. The standard InChI is InChI=1S/C19H25N3O2/c1-5-17-18(14(4)21-24-17)16-7-6-10-22(16)19(23)20-15-9-8-12(2)13(3)11-15/h8-9,11,16H,5-7,10H2,1-4H3,(H,20,23)/t16-/m1/s1. The molecule has 5 nitrogen and oxygen atoms in total. The lowest BCUT2D eigenvalue weighted by atomic mass is 10.0. The molecule has 2 heterocycles. The predicted octanol–water partition coefficient (Wildman–Crippen LogP) is 4.53. The number of nitrogens with zero attached hydrogens (tertiary/aromatic N) is 2. The molecule has 3 rings (SSSR count). The van der Waals surface area contributed by atoms with E-state index >= 15 is 0 Å². The summed E-state index contributed by atoms with van der Waals surface area (Å²) in [5, 5.41) is 7.13. The first-order chi connectivity index (χ1) is 11.5. The first-order valence-corrected chi connectivity index (χ1v) is 8.61. The second kappa shape index (κ2) is 6.67. The van der Waals surface area contributed by atoms with Gasteiger partial charge in [0.2, 0.25) is 0 Å². The van der Waals surface area contributed by atoms with Crippen LogP contribution in [0.4, 0.5) is 10.5 Å². The van der Waals surface area contributed by atoms with E-state index in [1.54, 1.807) is 0 Å². The van der Waals surface area contributed by atoms with Crippen molar-refractivity contribution >= 4 is 11.7 Å². The quantitative estimate of drug-likeness (QED) is 0.901. The van der Waals surface area contributed by atoms with Gasteiger partial charge in [-0.3, -0.25) is 0 Å². The summed E-state index contributed by atoms with van der Waals surface area (Å²) in [6.45, 7) is 8.89. The number of hydrogen-bond acceptors (Lipinski definition) is 3. The van der Waals surface area contributed by atoms with Gasteiger partial charge in [0.05, 0.1) is 11.7 Å². The maximum Gasteiger partial charge on any atom is 0.322 e. The molecule has 0 bridgehead atoms. The lowest BCUT2D eigenvalue weighted by Crippen LogP contribution is -2.34. The molecular formula is C19H25N3O2. The molecule has 1 aliphatic heterocycles. The molecule has 5 heteroatoms. The Kier molecular flexibility index (Phi) is 4.60. The van der Waals surface area contributed by atoms with Gasteiger partial charge < -0.3 is 14.7 Å². The highest BCUT2D eigenvalue weighted by Crippen LogP contribution is 2.36. The minimum absolute atomic E-state index is 0.0524. The van der Waals surface area contributed by atoms with Crippen LogP contribution in [-0.4, -0.2) is 22.6 Å². The molecule has 0 spiro atoms. The zero-order valence-corrected chi connectivity index (χ0v) is 14.8. The Morgan fingerprint density at radius 1 is 1.33 bits per heavy atom. The van der Waals surface area contributed by atoms with Crippen LogP contribution in [-0.2, 0) is 6.42 Å². The molecule has 0 aliphatic carbocycles. The van der Waals surface area contributed by atoms with Crippen molar-refractivity contribution in [1.82, 2.24) is 10.1 Å². The minimum atomic E-state index is -0.0524. The molecule has 1 aromatic heterocycles. The SMILES string of the molecule is CCc1onc(C)c1[C@H]1CCCN1C(=O)Nc1ccc(C)c(C)c1. The van der Waals surface area contributed by atoms with Crippen LogP contribution < -0.4 is 5.32 Å². The number of carbonyl (C=O) groups excluding carboxylic acids is 1. The number of anilines is 1. The smallest absolute Gasteiger partial charge is 0.322 e. The second-order valence-electron chi connectivity index (χ2n) is 6.54. The van der Waals surface area contributed by atoms with Crippen molar-refractivity contribution < 1.29 is 9.32 Å². The van der Waals surface area contributed by atoms with Crippen molar-refractivity contribution in [2.45, 2.75) is 53.0 Å². The van der Waals surface area contributed by atoms with E-state index in [1.165, 1.54) is 11.1 Å². The van der Waals surface area contributed by atoms with Crippen molar-refractivity contribution in [2.75, 3.05) is 11.9 Å². The number of urea groups is 1. The van der Waals surface area contributed by atoms with Crippen LogP contribution >= 0.6 is 0 Å². The Bertz CT molecular complexity index is 751. The number of nitrogens with one attached hydrogen (secondary N) is 1. The fourth-order valence-corrected chi connectivity index (χ4v) is 3.43. The van der Waals surface area contributed by atoms with Gasteiger partial charge in [0, 0.05) is 24.2 Å². The molecule has 0 radical (unpaired) electrons. The zero-order chi connectivity index (χ0) is 17.3. The molecule has 1 N–H and O–H groups in total. The van der Waals surface area contributed by atoms with E-state index in [9.17, 15) is 4.79 Å². The molecule has 2 aromatic rings. The Morgan fingerprint density at radius 2 is 2.12 bits per heavy atom. The van der Waals surface area contributed by atoms with Crippen LogP contribution in [0.2, 0.25) is 0 Å². The lowest BCUT2D eigenvalue weighted by Gasteiger charge is -2.25. The van der Waals surface area contributed by atoms with Crippen LogP contribution in [0.15, 0.2) is 22.7 Å². The molecule has 1 aliphatic rings. The third-order valence-electron chi connectivity index (χ3n) is 4.91. The summed E-state index contributed by atoms with van der Waals surface area (Å²) in [6, 6.07) is 6.00. The molecule has 0 saturated carbocycles. The van der Waals surface area contributed by atoms with Gasteiger partial charge in [-0.05, 0) is 56.9 Å². The fraction of sp³-hybridized carbons (Fsp3) is 0.474. The van der Waals surface area contributed by atoms with Crippen molar-refractivity contribution in [3.63, 3.8) is 0 Å². The number of benzene rings is 1. The predicted molar refractivity (Wildman–Crippen MR) is 94.2 cm³/mol. The first kappa shape index (κ1) is 16.6. The number of likely N-dealkylation sites (tertiary alicyclic amines) is 1. The van der Waals surface area contributed by atoms with Gasteiger partial charge in [-0.25, -0.2) is 4.79 Å². The van der Waals surface area contributed by atoms with Crippen molar-refractivity contribution in [3.8, 4) is 0 Å². The van der Waals surface area contributed by atoms with Crippen LogP contribution in [0.25, 0.3) is 0 Å². The summed E-state index contributed by atoms with van der Waals surface area (Å²) in [6.07, 6.45) is 2.74. The fourth-order valence-electron chi connectivity index (χ4n) is 3.43. The maximum absolute atomic E-state index is 12.8. The highest BCUT2D eigenvalue weighted by atomic mass is 16.5. The molecule has 1 atom stereocenters.